The van der Waals surface area contributed by atoms with E-state index in [9.17, 15) is 4.79 Å². The van der Waals surface area contributed by atoms with Crippen LogP contribution in [0, 0.1) is 6.92 Å². The van der Waals surface area contributed by atoms with Gasteiger partial charge in [-0.15, -0.1) is 10.2 Å². The van der Waals surface area contributed by atoms with E-state index in [2.05, 4.69) is 30.4 Å². The molecule has 8 nitrogen and oxygen atoms in total. The average molecular weight is 375 g/mol. The molecule has 0 spiro atoms. The van der Waals surface area contributed by atoms with Crippen LogP contribution >= 0.6 is 0 Å². The summed E-state index contributed by atoms with van der Waals surface area (Å²) in [6, 6.07) is 15.0. The maximum Gasteiger partial charge on any atom is 0.272 e. The Kier molecular flexibility index (Phi) is 5.09. The van der Waals surface area contributed by atoms with E-state index in [1.807, 2.05) is 48.2 Å². The van der Waals surface area contributed by atoms with Crippen LogP contribution in [-0.4, -0.2) is 57.2 Å². The molecule has 0 saturated carbocycles. The van der Waals surface area contributed by atoms with Crippen molar-refractivity contribution in [1.29, 1.82) is 0 Å². The second kappa shape index (κ2) is 7.99. The summed E-state index contributed by atoms with van der Waals surface area (Å²) in [4.78, 5) is 25.0. The summed E-state index contributed by atoms with van der Waals surface area (Å²) in [5, 5.41) is 11.7. The zero-order valence-electron chi connectivity index (χ0n) is 15.6. The normalized spacial score (nSPS) is 14.0. The Hall–Kier alpha value is -3.55. The number of nitrogens with zero attached hydrogens (tertiary/aromatic N) is 6. The second-order valence-corrected chi connectivity index (χ2v) is 6.56. The van der Waals surface area contributed by atoms with Crippen molar-refractivity contribution in [3.05, 3.63) is 66.1 Å². The van der Waals surface area contributed by atoms with E-state index in [1.54, 1.807) is 18.3 Å². The number of aryl methyl sites for hydroxylation is 1. The van der Waals surface area contributed by atoms with E-state index < -0.39 is 0 Å². The molecular weight excluding hydrogens is 354 g/mol. The molecule has 1 saturated heterocycles. The average Bonchev–Trinajstić information content (AvgIpc) is 2.75. The fraction of sp³-hybridized carbons (Fsp3) is 0.250. The number of hydrogen-bond acceptors (Lipinski definition) is 7. The maximum absolute atomic E-state index is 12.5. The highest BCUT2D eigenvalue weighted by Crippen LogP contribution is 2.17. The van der Waals surface area contributed by atoms with Gasteiger partial charge in [-0.25, -0.2) is 4.98 Å². The van der Waals surface area contributed by atoms with E-state index in [1.165, 1.54) is 0 Å². The van der Waals surface area contributed by atoms with Crippen LogP contribution in [0.2, 0.25) is 0 Å². The highest BCUT2D eigenvalue weighted by atomic mass is 16.2. The molecule has 0 aromatic carbocycles. The molecule has 142 valence electrons. The van der Waals surface area contributed by atoms with E-state index in [0.717, 1.165) is 17.3 Å². The highest BCUT2D eigenvalue weighted by molar-refractivity contribution is 5.92. The van der Waals surface area contributed by atoms with Crippen molar-refractivity contribution in [2.45, 2.75) is 6.92 Å². The number of anilines is 3. The summed E-state index contributed by atoms with van der Waals surface area (Å²) < 4.78 is 0. The number of pyridine rings is 2. The first-order valence-electron chi connectivity index (χ1n) is 9.19. The van der Waals surface area contributed by atoms with Gasteiger partial charge in [-0.2, -0.15) is 0 Å². The first kappa shape index (κ1) is 17.8. The van der Waals surface area contributed by atoms with Crippen LogP contribution in [0.3, 0.4) is 0 Å². The van der Waals surface area contributed by atoms with Crippen molar-refractivity contribution in [3.8, 4) is 0 Å². The molecule has 0 atom stereocenters. The lowest BCUT2D eigenvalue weighted by Crippen LogP contribution is -2.49. The molecule has 0 radical (unpaired) electrons. The Bertz CT molecular complexity index is 938. The molecule has 1 fully saturated rings. The van der Waals surface area contributed by atoms with Crippen molar-refractivity contribution in [2.24, 2.45) is 0 Å². The fourth-order valence-electron chi connectivity index (χ4n) is 3.09. The van der Waals surface area contributed by atoms with Crippen LogP contribution in [0.1, 0.15) is 16.2 Å². The summed E-state index contributed by atoms with van der Waals surface area (Å²) in [6.45, 7) is 4.62. The molecule has 4 rings (SSSR count). The molecule has 1 amide bonds. The number of carbonyl (C=O) groups excluding carboxylic acids is 1. The number of hydrogen-bond donors (Lipinski definition) is 1. The van der Waals surface area contributed by atoms with Crippen molar-refractivity contribution in [2.75, 3.05) is 36.4 Å². The molecular formula is C20H21N7O. The van der Waals surface area contributed by atoms with Gasteiger partial charge in [0.1, 0.15) is 11.5 Å². The van der Waals surface area contributed by atoms with Gasteiger partial charge in [-0.05, 0) is 43.3 Å². The summed E-state index contributed by atoms with van der Waals surface area (Å²) in [7, 11) is 0. The lowest BCUT2D eigenvalue weighted by atomic mass is 10.2. The van der Waals surface area contributed by atoms with Crippen molar-refractivity contribution in [3.63, 3.8) is 0 Å². The predicted octanol–water partition coefficient (Wildman–Crippen LogP) is 2.28. The van der Waals surface area contributed by atoms with Gasteiger partial charge in [0.05, 0.1) is 0 Å². The first-order chi connectivity index (χ1) is 13.7. The number of carbonyl (C=O) groups is 1. The molecule has 1 N–H and O–H groups in total. The van der Waals surface area contributed by atoms with E-state index >= 15 is 0 Å². The molecule has 3 aromatic heterocycles. The minimum atomic E-state index is -0.0310. The van der Waals surface area contributed by atoms with Gasteiger partial charge >= 0.3 is 0 Å². The van der Waals surface area contributed by atoms with Crippen molar-refractivity contribution < 1.29 is 4.79 Å². The van der Waals surface area contributed by atoms with Crippen LogP contribution in [0.5, 0.6) is 0 Å². The zero-order valence-corrected chi connectivity index (χ0v) is 15.6. The summed E-state index contributed by atoms with van der Waals surface area (Å²) in [5.41, 5.74) is 1.42. The zero-order chi connectivity index (χ0) is 19.3. The Balaban J connectivity index is 1.35. The lowest BCUT2D eigenvalue weighted by Gasteiger charge is -2.35. The quantitative estimate of drug-likeness (QED) is 0.748. The smallest absolute Gasteiger partial charge is 0.272 e. The minimum Gasteiger partial charge on any atom is -0.352 e. The molecule has 1 aliphatic heterocycles. The summed E-state index contributed by atoms with van der Waals surface area (Å²) >= 11 is 0. The van der Waals surface area contributed by atoms with Gasteiger partial charge in [-0.1, -0.05) is 12.1 Å². The van der Waals surface area contributed by atoms with Crippen LogP contribution in [0.4, 0.5) is 17.5 Å². The third-order valence-electron chi connectivity index (χ3n) is 4.57. The van der Waals surface area contributed by atoms with Crippen LogP contribution in [0.25, 0.3) is 0 Å². The standard InChI is InChI=1S/C20H21N7O/c1-15-5-4-7-17(22-15)23-18-8-9-19(25-24-18)26-11-13-27(14-12-26)20(28)16-6-2-3-10-21-16/h2-10H,11-14H2,1H3,(H,22,23,24). The van der Waals surface area contributed by atoms with Gasteiger partial charge in [0.15, 0.2) is 11.6 Å². The molecule has 0 unspecified atom stereocenters. The highest BCUT2D eigenvalue weighted by Gasteiger charge is 2.23. The predicted molar refractivity (Wildman–Crippen MR) is 107 cm³/mol. The minimum absolute atomic E-state index is 0.0310. The number of amides is 1. The Morgan fingerprint density at radius 2 is 1.79 bits per heavy atom. The van der Waals surface area contributed by atoms with Gasteiger partial charge in [0.25, 0.3) is 5.91 Å². The lowest BCUT2D eigenvalue weighted by molar-refractivity contribution is 0.0740. The number of rotatable bonds is 4. The molecule has 28 heavy (non-hydrogen) atoms. The van der Waals surface area contributed by atoms with Gasteiger partial charge in [-0.3, -0.25) is 9.78 Å². The van der Waals surface area contributed by atoms with Gasteiger partial charge in [0, 0.05) is 38.1 Å². The summed E-state index contributed by atoms with van der Waals surface area (Å²) in [6.07, 6.45) is 1.64. The molecule has 4 heterocycles. The second-order valence-electron chi connectivity index (χ2n) is 6.56. The van der Waals surface area contributed by atoms with Crippen LogP contribution in [-0.2, 0) is 0 Å². The third kappa shape index (κ3) is 4.06. The Labute approximate surface area is 163 Å². The number of nitrogens with one attached hydrogen (secondary N) is 1. The van der Waals surface area contributed by atoms with E-state index in [-0.39, 0.29) is 5.91 Å². The molecule has 3 aromatic rings. The summed E-state index contributed by atoms with van der Waals surface area (Å²) in [5.74, 6) is 2.15. The van der Waals surface area contributed by atoms with Gasteiger partial charge in [0.2, 0.25) is 0 Å². The Morgan fingerprint density at radius 1 is 0.929 bits per heavy atom. The van der Waals surface area contributed by atoms with Crippen LogP contribution in [0.15, 0.2) is 54.7 Å². The monoisotopic (exact) mass is 375 g/mol. The molecule has 8 heteroatoms. The fourth-order valence-corrected chi connectivity index (χ4v) is 3.09. The van der Waals surface area contributed by atoms with Crippen molar-refractivity contribution >= 4 is 23.4 Å². The van der Waals surface area contributed by atoms with Crippen LogP contribution < -0.4 is 10.2 Å². The third-order valence-corrected chi connectivity index (χ3v) is 4.57. The Morgan fingerprint density at radius 3 is 2.46 bits per heavy atom. The topological polar surface area (TPSA) is 87.1 Å². The SMILES string of the molecule is Cc1cccc(Nc2ccc(N3CCN(C(=O)c4ccccn4)CC3)nn2)n1. The molecule has 1 aliphatic rings. The first-order valence-corrected chi connectivity index (χ1v) is 9.19. The van der Waals surface area contributed by atoms with Crippen molar-refractivity contribution in [1.82, 2.24) is 25.1 Å². The van der Waals surface area contributed by atoms with E-state index in [4.69, 9.17) is 0 Å². The molecule has 0 bridgehead atoms. The number of piperazine rings is 1. The number of aromatic nitrogens is 4. The largest absolute Gasteiger partial charge is 0.352 e. The van der Waals surface area contributed by atoms with Gasteiger partial charge < -0.3 is 15.1 Å². The van der Waals surface area contributed by atoms with E-state index in [0.29, 0.717) is 37.7 Å². The molecule has 0 aliphatic carbocycles. The maximum atomic E-state index is 12.5.